The van der Waals surface area contributed by atoms with Crippen LogP contribution < -0.4 is 20.9 Å². The number of nitrogens with zero attached hydrogens (tertiary/aromatic N) is 3. The quantitative estimate of drug-likeness (QED) is 0.0371. The number of hydrogen-bond donors (Lipinski definition) is 3. The van der Waals surface area contributed by atoms with Gasteiger partial charge in [-0.3, -0.25) is 33.7 Å². The average molecular weight is 1220 g/mol. The second-order valence-corrected chi connectivity index (χ2v) is 20.3. The van der Waals surface area contributed by atoms with Gasteiger partial charge in [0.15, 0.2) is 0 Å². The number of fused-ring (bicyclic) bond motifs is 2. The van der Waals surface area contributed by atoms with Crippen molar-refractivity contribution in [3.05, 3.63) is 89.5 Å². The van der Waals surface area contributed by atoms with Gasteiger partial charge >= 0.3 is 6.09 Å². The van der Waals surface area contributed by atoms with Crippen LogP contribution in [0, 0.1) is 17.8 Å². The van der Waals surface area contributed by atoms with Crippen molar-refractivity contribution >= 4 is 47.2 Å². The van der Waals surface area contributed by atoms with Gasteiger partial charge in [0.25, 0.3) is 11.8 Å². The summed E-state index contributed by atoms with van der Waals surface area (Å²) >= 11 is 0. The zero-order chi connectivity index (χ0) is 61.8. The fourth-order valence-corrected chi connectivity index (χ4v) is 8.84. The van der Waals surface area contributed by atoms with E-state index in [9.17, 15) is 33.6 Å². The van der Waals surface area contributed by atoms with Crippen LogP contribution in [0.15, 0.2) is 72.8 Å². The van der Waals surface area contributed by atoms with Crippen molar-refractivity contribution < 1.29 is 85.7 Å². The Balaban J connectivity index is 0.862. The van der Waals surface area contributed by atoms with Crippen LogP contribution in [0.3, 0.4) is 0 Å². The largest absolute Gasteiger partial charge is 0.446 e. The number of amides is 7. The van der Waals surface area contributed by atoms with Crippen LogP contribution in [0.4, 0.5) is 10.5 Å². The molecule has 5 rings (SSSR count). The van der Waals surface area contributed by atoms with Gasteiger partial charge in [0.1, 0.15) is 6.10 Å². The third kappa shape index (κ3) is 31.2. The Bertz CT molecular complexity index is 2490. The lowest BCUT2D eigenvalue weighted by Gasteiger charge is -2.26. The lowest BCUT2D eigenvalue weighted by atomic mass is 9.96. The fraction of sp³-hybridized carbons (Fsp3) is 0.603. The molecule has 24 heteroatoms. The van der Waals surface area contributed by atoms with Gasteiger partial charge in [-0.2, -0.15) is 0 Å². The van der Waals surface area contributed by atoms with Crippen LogP contribution in [-0.4, -0.2) is 229 Å². The van der Waals surface area contributed by atoms with Crippen LogP contribution in [0.1, 0.15) is 75.0 Å². The van der Waals surface area contributed by atoms with E-state index < -0.39 is 17.9 Å². The molecule has 1 unspecified atom stereocenters. The maximum atomic E-state index is 13.5. The number of imide groups is 1. The van der Waals surface area contributed by atoms with Gasteiger partial charge in [-0.25, -0.2) is 4.79 Å². The van der Waals surface area contributed by atoms with E-state index in [0.717, 1.165) is 53.0 Å². The molecule has 0 bridgehead atoms. The molecule has 0 saturated carbocycles. The normalized spacial score (nSPS) is 15.7. The first-order valence-electron chi connectivity index (χ1n) is 30.3. The van der Waals surface area contributed by atoms with Crippen molar-refractivity contribution in [3.8, 4) is 11.8 Å². The monoisotopic (exact) mass is 1220 g/mol. The molecule has 0 radical (unpaired) electrons. The van der Waals surface area contributed by atoms with Crippen molar-refractivity contribution in [2.45, 2.75) is 70.9 Å². The summed E-state index contributed by atoms with van der Waals surface area (Å²) in [5.41, 5.74) is 3.30. The molecule has 2 aliphatic heterocycles. The lowest BCUT2D eigenvalue weighted by molar-refractivity contribution is -0.137. The lowest BCUT2D eigenvalue weighted by Crippen LogP contribution is -2.37. The standard InChI is InChI=1S/C63H90N6O18/c1-51-8-2-6-12-55(17-14-51)87-63(76)66-26-33-80-39-45-85-47-41-82-35-29-67(59(72)23-30-77-36-42-83-48-49-86-44-38-79-32-25-65-58(71)22-27-68-60(73)20-21-61(68)74)28-34-81-40-46-84-43-37-78-31-24-64-57(70)18-19-62(75)69-50-54-11-4-3-9-52(54)15-16-53-10-5-7-13-56(53)69/h2-5,7-11,13,20-21,51,55H,6,12,14,17-19,22-50H2,1H3,(H,64,70)(H,65,71)(H,66,76)/b8-2+/t51?,55-/m0/s1. The second kappa shape index (κ2) is 44.8. The summed E-state index contributed by atoms with van der Waals surface area (Å²) in [4.78, 5) is 91.2. The van der Waals surface area contributed by atoms with Crippen LogP contribution in [0.5, 0.6) is 0 Å². The first-order valence-corrected chi connectivity index (χ1v) is 30.3. The highest BCUT2D eigenvalue weighted by molar-refractivity contribution is 6.13. The molecule has 2 aromatic rings. The SMILES string of the molecule is CC1/C=C/CC[C@H](OC(=O)NCCOCCOCCOCCN(CCOCCOCCOCCNC(=O)CCC(=O)N2Cc3ccccc3C#Cc3ccccc32)C(=O)CCOCCOCCOCCOCCNC(=O)CCN2C(=O)C=CC2=O)CC1. The van der Waals surface area contributed by atoms with Gasteiger partial charge in [-0.05, 0) is 55.4 Å². The highest BCUT2D eigenvalue weighted by atomic mass is 16.6. The van der Waals surface area contributed by atoms with E-state index in [1.165, 1.54) is 12.2 Å². The highest BCUT2D eigenvalue weighted by Crippen LogP contribution is 2.26. The van der Waals surface area contributed by atoms with E-state index in [1.807, 2.05) is 48.5 Å². The molecule has 2 heterocycles. The van der Waals surface area contributed by atoms with E-state index in [0.29, 0.717) is 131 Å². The zero-order valence-corrected chi connectivity index (χ0v) is 50.5. The third-order valence-electron chi connectivity index (χ3n) is 13.6. The number of rotatable bonds is 46. The first kappa shape index (κ1) is 71.1. The number of para-hydroxylation sites is 1. The first-order chi connectivity index (χ1) is 42.6. The summed E-state index contributed by atoms with van der Waals surface area (Å²) in [6.07, 6.45) is 10.0. The van der Waals surface area contributed by atoms with Crippen LogP contribution >= 0.6 is 0 Å². The number of benzene rings is 2. The molecule has 0 aromatic heterocycles. The molecule has 0 fully saturated rings. The van der Waals surface area contributed by atoms with Crippen molar-refractivity contribution in [1.82, 2.24) is 25.8 Å². The second-order valence-electron chi connectivity index (χ2n) is 20.3. The maximum Gasteiger partial charge on any atom is 0.407 e. The van der Waals surface area contributed by atoms with E-state index >= 15 is 0 Å². The van der Waals surface area contributed by atoms with E-state index in [1.54, 1.807) is 9.80 Å². The minimum absolute atomic E-state index is 0.0156. The topological polar surface area (TPSA) is 267 Å². The number of allylic oxidation sites excluding steroid dienone is 2. The molecule has 0 saturated heterocycles. The fourth-order valence-electron chi connectivity index (χ4n) is 8.84. The Kier molecular flexibility index (Phi) is 36.6. The van der Waals surface area contributed by atoms with Crippen molar-refractivity contribution in [2.24, 2.45) is 5.92 Å². The van der Waals surface area contributed by atoms with E-state index in [-0.39, 0.29) is 108 Å². The Morgan fingerprint density at radius 2 is 1.01 bits per heavy atom. The van der Waals surface area contributed by atoms with Crippen molar-refractivity contribution in [1.29, 1.82) is 0 Å². The number of ether oxygens (including phenoxy) is 11. The number of alkyl carbamates (subject to hydrolysis) is 1. The minimum atomic E-state index is -0.427. The van der Waals surface area contributed by atoms with Gasteiger partial charge in [0, 0.05) is 81.8 Å². The Hall–Kier alpha value is -6.63. The average Bonchev–Trinajstić information content (AvgIpc) is 3.39. The molecule has 24 nitrogen and oxygen atoms in total. The highest BCUT2D eigenvalue weighted by Gasteiger charge is 2.25. The van der Waals surface area contributed by atoms with Crippen LogP contribution in [0.2, 0.25) is 0 Å². The van der Waals surface area contributed by atoms with E-state index in [4.69, 9.17) is 52.1 Å². The molecule has 3 aliphatic rings. The number of carbonyl (C=O) groups excluding carboxylic acids is 7. The summed E-state index contributed by atoms with van der Waals surface area (Å²) in [7, 11) is 0. The molecular weight excluding hydrogens is 1130 g/mol. The maximum absolute atomic E-state index is 13.5. The predicted octanol–water partition coefficient (Wildman–Crippen LogP) is 3.51. The number of carbonyl (C=O) groups is 7. The van der Waals surface area contributed by atoms with Gasteiger partial charge in [0.2, 0.25) is 23.6 Å². The number of hydrogen-bond acceptors (Lipinski definition) is 18. The number of anilines is 1. The summed E-state index contributed by atoms with van der Waals surface area (Å²) in [6.45, 7) is 10.3. The molecule has 87 heavy (non-hydrogen) atoms. The molecule has 1 aliphatic carbocycles. The van der Waals surface area contributed by atoms with Crippen molar-refractivity contribution in [2.75, 3.05) is 176 Å². The smallest absolute Gasteiger partial charge is 0.407 e. The Morgan fingerprint density at radius 3 is 1.60 bits per heavy atom. The zero-order valence-electron chi connectivity index (χ0n) is 50.5. The minimum Gasteiger partial charge on any atom is -0.446 e. The molecule has 480 valence electrons. The molecule has 2 atom stereocenters. The summed E-state index contributed by atoms with van der Waals surface area (Å²) < 4.78 is 61.9. The molecule has 0 spiro atoms. The van der Waals surface area contributed by atoms with Gasteiger partial charge in [-0.15, -0.1) is 0 Å². The van der Waals surface area contributed by atoms with Gasteiger partial charge in [0.05, 0.1) is 151 Å². The third-order valence-corrected chi connectivity index (χ3v) is 13.6. The predicted molar refractivity (Wildman–Crippen MR) is 320 cm³/mol. The Labute approximate surface area is 511 Å². The van der Waals surface area contributed by atoms with Crippen LogP contribution in [-0.2, 0) is 87.4 Å². The molecular formula is C63H90N6O18. The van der Waals surface area contributed by atoms with Gasteiger partial charge in [-0.1, -0.05) is 61.2 Å². The van der Waals surface area contributed by atoms with E-state index in [2.05, 4.69) is 46.9 Å². The molecule has 2 aromatic carbocycles. The summed E-state index contributed by atoms with van der Waals surface area (Å²) in [5, 5.41) is 8.25. The Morgan fingerprint density at radius 1 is 0.529 bits per heavy atom. The van der Waals surface area contributed by atoms with Crippen molar-refractivity contribution in [3.63, 3.8) is 0 Å². The molecule has 7 amide bonds. The summed E-state index contributed by atoms with van der Waals surface area (Å²) in [6, 6.07) is 15.3. The van der Waals surface area contributed by atoms with Crippen LogP contribution in [0.25, 0.3) is 0 Å². The van der Waals surface area contributed by atoms with Gasteiger partial charge < -0.3 is 77.9 Å². The number of nitrogens with one attached hydrogen (secondary N) is 3. The summed E-state index contributed by atoms with van der Waals surface area (Å²) in [5.74, 6) is 5.23. The molecule has 3 N–H and O–H groups in total.